The summed E-state index contributed by atoms with van der Waals surface area (Å²) in [6.45, 7) is -4.22. The second kappa shape index (κ2) is 5.81. The summed E-state index contributed by atoms with van der Waals surface area (Å²) in [4.78, 5) is 33.5. The molecule has 12 heteroatoms. The molecule has 11 nitrogen and oxygen atoms in total. The van der Waals surface area contributed by atoms with E-state index in [0.717, 1.165) is 0 Å². The highest BCUT2D eigenvalue weighted by atomic mass is 31.2. The van der Waals surface area contributed by atoms with Crippen LogP contribution in [0.5, 0.6) is 0 Å². The van der Waals surface area contributed by atoms with Crippen molar-refractivity contribution in [2.45, 2.75) is 24.4 Å². The Morgan fingerprint density at radius 1 is 1.71 bits per heavy atom. The van der Waals surface area contributed by atoms with Crippen LogP contribution in [0.25, 0.3) is 0 Å². The minimum atomic E-state index is -5.84. The molecule has 21 heavy (non-hydrogen) atoms. The van der Waals surface area contributed by atoms with Gasteiger partial charge in [-0.1, -0.05) is 0 Å². The molecule has 1 unspecified atom stereocenters. The third-order valence-electron chi connectivity index (χ3n) is 1.94. The Morgan fingerprint density at radius 3 is 3.10 bits per heavy atom. The predicted molar refractivity (Wildman–Crippen MR) is 66.8 cm³/mol. The van der Waals surface area contributed by atoms with Crippen molar-refractivity contribution in [1.29, 1.82) is 2.86 Å². The number of nitrogens with zero attached hydrogens (tertiary/aromatic N) is 2. The van der Waals surface area contributed by atoms with Crippen LogP contribution >= 0.6 is 7.82 Å². The SMILES string of the molecule is [2H]OC1([2H])[C@]([2H])([15n]2c([2H])c([2H])c([15N]([2H])[2H])[15n]c2=O)O[C@]([2H])(C([2H])([2H])OP(=O)(O)O)[C@@]1([2H])O[2H]. The van der Waals surface area contributed by atoms with E-state index in [1.807, 2.05) is 0 Å². The van der Waals surface area contributed by atoms with Gasteiger partial charge in [0.25, 0.3) is 0 Å². The molecule has 1 aromatic heterocycles. The molecule has 6 N–H and O–H groups in total. The maximum Gasteiger partial charge on any atom is 0.469 e. The summed E-state index contributed by atoms with van der Waals surface area (Å²) >= 11 is 0. The molecule has 1 fully saturated rings. The molecule has 1 saturated heterocycles. The molecule has 2 heterocycles. The maximum atomic E-state index is 12.5. The van der Waals surface area contributed by atoms with E-state index in [1.54, 1.807) is 0 Å². The fourth-order valence-corrected chi connectivity index (χ4v) is 1.37. The molecule has 0 aliphatic carbocycles. The lowest BCUT2D eigenvalue weighted by molar-refractivity contribution is -0.0542. The van der Waals surface area contributed by atoms with Gasteiger partial charge in [0, 0.05) is 6.17 Å². The molecule has 0 bridgehead atoms. The highest BCUT2D eigenvalue weighted by Crippen LogP contribution is 2.38. The quantitative estimate of drug-likeness (QED) is 0.265. The van der Waals surface area contributed by atoms with Gasteiger partial charge in [-0.3, -0.25) is 9.09 Å². The van der Waals surface area contributed by atoms with Crippen molar-refractivity contribution in [3.05, 3.63) is 22.7 Å². The molecule has 2 rings (SSSR count). The third kappa shape index (κ3) is 3.66. The number of nitrogens with two attached hydrogens (primary N) is 1. The summed E-state index contributed by atoms with van der Waals surface area (Å²) in [5, 5.41) is 7.82. The van der Waals surface area contributed by atoms with E-state index in [1.165, 1.54) is 0 Å². The fourth-order valence-electron chi connectivity index (χ4n) is 1.16. The van der Waals surface area contributed by atoms with Gasteiger partial charge in [0.05, 0.1) is 17.5 Å². The Labute approximate surface area is 135 Å². The third-order valence-corrected chi connectivity index (χ3v) is 2.27. The highest BCUT2D eigenvalue weighted by molar-refractivity contribution is 7.46. The Hall–Kier alpha value is -1.33. The first kappa shape index (κ1) is 6.42. The van der Waals surface area contributed by atoms with Crippen molar-refractivity contribution >= 4 is 13.6 Å². The number of anilines is 1. The number of phosphoric ester groups is 1. The van der Waals surface area contributed by atoms with Crippen LogP contribution in [0, 0.1) is 0 Å². The topological polar surface area (TPSA) is 177 Å². The number of aliphatic hydroxyl groups is 2. The standard InChI is InChI=1S/C9H14N3O8P/c10-5-1-2-12(9(15)11-5)8-7(14)6(13)4(20-8)3-19-21(16,17)18/h1-2,4,6-8,13-14H,3H2,(H2,10,11,15)(H2,16,17,18)/t4-,6-,7?,8-/m1/s1/i1D,2D,3D2,4D,6D,7D,8D,10+1,11+1,12+1,13D,14D/hD2. The molecular formula is C9H14N3O8P. The van der Waals surface area contributed by atoms with Crippen LogP contribution in [0.15, 0.2) is 17.0 Å². The van der Waals surface area contributed by atoms with Crippen LogP contribution in [-0.2, 0) is 13.8 Å². The lowest BCUT2D eigenvalue weighted by Gasteiger charge is -2.16. The molecule has 118 valence electrons. The van der Waals surface area contributed by atoms with E-state index in [2.05, 4.69) is 19.7 Å². The first-order valence-corrected chi connectivity index (χ1v) is 6.36. The average Bonchev–Trinajstić information content (AvgIpc) is 2.80. The molecule has 0 saturated carbocycles. The predicted octanol–water partition coefficient (Wildman–Crippen LogP) is -2.45. The first-order chi connectivity index (χ1) is 14.7. The van der Waals surface area contributed by atoms with Crippen molar-refractivity contribution in [2.75, 3.05) is 12.3 Å². The van der Waals surface area contributed by atoms with Crippen molar-refractivity contribution in [3.8, 4) is 0 Å². The van der Waals surface area contributed by atoms with Crippen molar-refractivity contribution < 1.29 is 47.6 Å². The summed E-state index contributed by atoms with van der Waals surface area (Å²) in [5.74, 6) is -1.06. The molecule has 1 aliphatic heterocycles. The van der Waals surface area contributed by atoms with Gasteiger partial charge in [0.2, 0.25) is 2.86 Å². The van der Waals surface area contributed by atoms with E-state index in [0.29, 0.717) is 0 Å². The van der Waals surface area contributed by atoms with Crippen LogP contribution in [-0.4, -0.2) is 57.2 Å². The Bertz CT molecular complexity index is 1060. The maximum absolute atomic E-state index is 12.5. The van der Waals surface area contributed by atoms with Gasteiger partial charge < -0.3 is 30.5 Å². The number of hydrogen-bond acceptors (Lipinski definition) is 8. The number of ether oxygens (including phenoxy) is 1. The Balaban J connectivity index is 2.96. The highest BCUT2D eigenvalue weighted by Gasteiger charge is 2.44. The van der Waals surface area contributed by atoms with Crippen LogP contribution in [0.2, 0.25) is 2.82 Å². The van der Waals surface area contributed by atoms with Gasteiger partial charge in [0.1, 0.15) is 24.1 Å². The van der Waals surface area contributed by atoms with Gasteiger partial charge >= 0.3 is 13.5 Å². The summed E-state index contributed by atoms with van der Waals surface area (Å²) in [5.41, 5.74) is -2.22. The number of phosphoric acid groups is 1. The van der Waals surface area contributed by atoms with E-state index >= 15 is 0 Å². The smallest absolute Gasteiger partial charge is 0.387 e. The molecule has 1 aliphatic rings. The van der Waals surface area contributed by atoms with Crippen molar-refractivity contribution in [1.82, 2.24) is 9.55 Å². The van der Waals surface area contributed by atoms with E-state index in [4.69, 9.17) is 31.2 Å². The molecule has 4 atom stereocenters. The zero-order valence-electron chi connectivity index (χ0n) is 21.6. The number of hydrogen-bond donors (Lipinski definition) is 5. The summed E-state index contributed by atoms with van der Waals surface area (Å²) in [7, 11) is -5.84. The van der Waals surface area contributed by atoms with Gasteiger partial charge in [-0.25, -0.2) is 9.36 Å². The normalized spacial score (nSPS) is 52.3. The molecule has 1 aromatic rings. The van der Waals surface area contributed by atoms with Crippen molar-refractivity contribution in [3.63, 3.8) is 0 Å². The second-order valence-corrected chi connectivity index (χ2v) is 4.53. The van der Waals surface area contributed by atoms with E-state index < -0.39 is 67.1 Å². The molecule has 0 amide bonds. The molecular weight excluding hydrogens is 312 g/mol. The number of aromatic nitrogens is 2. The zero-order chi connectivity index (χ0) is 26.0. The van der Waals surface area contributed by atoms with Crippen LogP contribution < -0.4 is 11.4 Å². The molecule has 0 spiro atoms. The monoisotopic (exact) mass is 338 g/mol. The summed E-state index contributed by atoms with van der Waals surface area (Å²) in [6.07, 6.45) is -17.7. The van der Waals surface area contributed by atoms with Crippen LogP contribution in [0.1, 0.15) is 17.2 Å². The van der Waals surface area contributed by atoms with Gasteiger partial charge in [-0.2, -0.15) is 4.98 Å². The van der Waals surface area contributed by atoms with Crippen molar-refractivity contribution in [2.24, 2.45) is 0 Å². The summed E-state index contributed by atoms with van der Waals surface area (Å²) in [6, 6.07) is -1.22. The fraction of sp³-hybridized carbons (Fsp3) is 0.556. The zero-order valence-corrected chi connectivity index (χ0v) is 10.5. The minimum Gasteiger partial charge on any atom is -0.387 e. The Morgan fingerprint density at radius 2 is 2.48 bits per heavy atom. The Kier molecular flexibility index (Phi) is 1.78. The van der Waals surface area contributed by atoms with E-state index in [9.17, 15) is 9.36 Å². The number of nitrogen functional groups attached to an aromatic ring is 1. The lowest BCUT2D eigenvalue weighted by Crippen LogP contribution is -2.36. The molecule has 0 radical (unpaired) electrons. The van der Waals surface area contributed by atoms with Gasteiger partial charge in [0.15, 0.2) is 9.03 Å². The van der Waals surface area contributed by atoms with Gasteiger partial charge in [-0.05, 0) is 6.04 Å². The van der Waals surface area contributed by atoms with Crippen LogP contribution in [0.3, 0.4) is 0 Å². The lowest BCUT2D eigenvalue weighted by atomic mass is 10.1. The molecule has 0 aromatic carbocycles. The summed E-state index contributed by atoms with van der Waals surface area (Å²) < 4.78 is 112. The van der Waals surface area contributed by atoms with E-state index in [-0.39, 0.29) is 5.72 Å². The number of rotatable bonds is 7. The average molecular weight is 338 g/mol. The minimum absolute atomic E-state index is 0.365. The second-order valence-electron chi connectivity index (χ2n) is 3.37. The largest absolute Gasteiger partial charge is 0.469 e. The van der Waals surface area contributed by atoms with Gasteiger partial charge in [-0.15, -0.1) is 0 Å². The first-order valence-electron chi connectivity index (χ1n) is 10.5. The van der Waals surface area contributed by atoms with Crippen LogP contribution in [0.4, 0.5) is 5.82 Å².